The molecule has 1 aliphatic rings. The topological polar surface area (TPSA) is 67.6 Å². The van der Waals surface area contributed by atoms with Crippen molar-refractivity contribution in [3.05, 3.63) is 47.3 Å². The van der Waals surface area contributed by atoms with Crippen LogP contribution in [0.2, 0.25) is 0 Å². The summed E-state index contributed by atoms with van der Waals surface area (Å²) in [5.41, 5.74) is 1.86. The highest BCUT2D eigenvalue weighted by atomic mass is 35.5. The van der Waals surface area contributed by atoms with Gasteiger partial charge in [0.25, 0.3) is 5.91 Å². The predicted molar refractivity (Wildman–Crippen MR) is 107 cm³/mol. The molecule has 1 atom stereocenters. The number of nitrogens with one attached hydrogen (secondary N) is 1. The third kappa shape index (κ3) is 4.45. The Balaban J connectivity index is 0.00000261. The zero-order valence-corrected chi connectivity index (χ0v) is 16.9. The van der Waals surface area contributed by atoms with Crippen molar-refractivity contribution in [1.82, 2.24) is 15.4 Å². The number of carbonyl (C=O) groups is 1. The van der Waals surface area contributed by atoms with Gasteiger partial charge in [-0.05, 0) is 18.9 Å². The normalized spacial score (nSPS) is 16.9. The van der Waals surface area contributed by atoms with Gasteiger partial charge in [-0.2, -0.15) is 0 Å². The van der Waals surface area contributed by atoms with Crippen LogP contribution < -0.4 is 10.1 Å². The van der Waals surface area contributed by atoms with Gasteiger partial charge in [-0.1, -0.05) is 37.2 Å². The van der Waals surface area contributed by atoms with E-state index in [9.17, 15) is 4.79 Å². The Bertz CT molecular complexity index is 746. The summed E-state index contributed by atoms with van der Waals surface area (Å²) in [5.74, 6) is 1.31. The first-order valence-electron chi connectivity index (χ1n) is 9.30. The molecule has 1 N–H and O–H groups in total. The van der Waals surface area contributed by atoms with E-state index in [-0.39, 0.29) is 24.4 Å². The number of benzene rings is 1. The second-order valence-corrected chi connectivity index (χ2v) is 6.59. The first kappa shape index (κ1) is 21.3. The Morgan fingerprint density at radius 2 is 2.11 bits per heavy atom. The van der Waals surface area contributed by atoms with Gasteiger partial charge in [-0.25, -0.2) is 0 Å². The van der Waals surface area contributed by atoms with E-state index < -0.39 is 0 Å². The maximum atomic E-state index is 13.1. The molecular weight excluding hydrogens is 366 g/mol. The maximum Gasteiger partial charge on any atom is 0.293 e. The molecule has 2 aromatic rings. The van der Waals surface area contributed by atoms with Gasteiger partial charge in [-0.15, -0.1) is 12.4 Å². The highest BCUT2D eigenvalue weighted by Crippen LogP contribution is 2.31. The van der Waals surface area contributed by atoms with Gasteiger partial charge < -0.3 is 19.5 Å². The maximum absolute atomic E-state index is 13.1. The lowest BCUT2D eigenvalue weighted by Crippen LogP contribution is -2.48. The Hall–Kier alpha value is -2.05. The molecule has 1 saturated heterocycles. The number of hydrogen-bond acceptors (Lipinski definition) is 5. The molecule has 27 heavy (non-hydrogen) atoms. The predicted octanol–water partition coefficient (Wildman–Crippen LogP) is 3.80. The monoisotopic (exact) mass is 393 g/mol. The lowest BCUT2D eigenvalue weighted by Gasteiger charge is -2.36. The van der Waals surface area contributed by atoms with Crippen LogP contribution in [0.3, 0.4) is 0 Å². The number of amides is 1. The molecule has 0 spiro atoms. The molecule has 3 rings (SSSR count). The van der Waals surface area contributed by atoms with Crippen LogP contribution in [0.25, 0.3) is 0 Å². The molecule has 1 unspecified atom stereocenters. The highest BCUT2D eigenvalue weighted by molar-refractivity contribution is 5.92. The van der Waals surface area contributed by atoms with E-state index in [1.54, 1.807) is 13.2 Å². The van der Waals surface area contributed by atoms with Crippen molar-refractivity contribution in [3.63, 3.8) is 0 Å². The summed E-state index contributed by atoms with van der Waals surface area (Å²) in [6.45, 7) is 6.30. The van der Waals surface area contributed by atoms with Gasteiger partial charge in [0.05, 0.1) is 18.8 Å². The summed E-state index contributed by atoms with van der Waals surface area (Å²) in [5, 5.41) is 7.51. The fraction of sp³-hybridized carbons (Fsp3) is 0.500. The molecule has 0 radical (unpaired) electrons. The SMILES string of the molecule is CCC(CC)c1cc(C(=O)N2CCNCC2c2ccccc2OC)on1.Cl. The average Bonchev–Trinajstić information content (AvgIpc) is 3.18. The fourth-order valence-corrected chi connectivity index (χ4v) is 3.60. The number of aromatic nitrogens is 1. The van der Waals surface area contributed by atoms with Crippen LogP contribution in [0.15, 0.2) is 34.9 Å². The van der Waals surface area contributed by atoms with E-state index in [1.807, 2.05) is 29.2 Å². The van der Waals surface area contributed by atoms with Crippen molar-refractivity contribution in [3.8, 4) is 5.75 Å². The lowest BCUT2D eigenvalue weighted by molar-refractivity contribution is 0.0589. The smallest absolute Gasteiger partial charge is 0.293 e. The first-order chi connectivity index (χ1) is 12.7. The van der Waals surface area contributed by atoms with Crippen molar-refractivity contribution in [2.24, 2.45) is 0 Å². The second kappa shape index (κ2) is 9.76. The van der Waals surface area contributed by atoms with Gasteiger partial charge >= 0.3 is 0 Å². The van der Waals surface area contributed by atoms with E-state index in [1.165, 1.54) is 0 Å². The summed E-state index contributed by atoms with van der Waals surface area (Å²) in [7, 11) is 1.65. The van der Waals surface area contributed by atoms with Gasteiger partial charge in [0.15, 0.2) is 0 Å². The molecule has 0 aliphatic carbocycles. The molecule has 1 amide bonds. The van der Waals surface area contributed by atoms with Crippen LogP contribution in [0.5, 0.6) is 5.75 Å². The Kier molecular flexibility index (Phi) is 7.68. The second-order valence-electron chi connectivity index (χ2n) is 6.59. The number of ether oxygens (including phenoxy) is 1. The number of nitrogens with zero attached hydrogens (tertiary/aromatic N) is 2. The van der Waals surface area contributed by atoms with E-state index in [0.29, 0.717) is 24.8 Å². The highest BCUT2D eigenvalue weighted by Gasteiger charge is 2.32. The number of hydrogen-bond donors (Lipinski definition) is 1. The molecule has 0 bridgehead atoms. The van der Waals surface area contributed by atoms with Crippen molar-refractivity contribution in [2.45, 2.75) is 38.6 Å². The molecular formula is C20H28ClN3O3. The van der Waals surface area contributed by atoms with E-state index in [2.05, 4.69) is 24.3 Å². The number of carbonyl (C=O) groups excluding carboxylic acids is 1. The Morgan fingerprint density at radius 3 is 2.81 bits per heavy atom. The minimum absolute atomic E-state index is 0. The first-order valence-corrected chi connectivity index (χ1v) is 9.30. The molecule has 1 fully saturated rings. The van der Waals surface area contributed by atoms with Crippen molar-refractivity contribution in [1.29, 1.82) is 0 Å². The van der Waals surface area contributed by atoms with Crippen LogP contribution in [0, 0.1) is 0 Å². The van der Waals surface area contributed by atoms with Crippen molar-refractivity contribution in [2.75, 3.05) is 26.7 Å². The molecule has 1 aromatic heterocycles. The fourth-order valence-electron chi connectivity index (χ4n) is 3.60. The molecule has 1 aliphatic heterocycles. The average molecular weight is 394 g/mol. The zero-order chi connectivity index (χ0) is 18.5. The number of piperazine rings is 1. The van der Waals surface area contributed by atoms with Gasteiger partial charge in [-0.3, -0.25) is 4.79 Å². The van der Waals surface area contributed by atoms with Crippen LogP contribution in [-0.4, -0.2) is 42.7 Å². The summed E-state index contributed by atoms with van der Waals surface area (Å²) in [6, 6.07) is 9.53. The molecule has 6 nitrogen and oxygen atoms in total. The van der Waals surface area contributed by atoms with Crippen LogP contribution in [0.4, 0.5) is 0 Å². The van der Waals surface area contributed by atoms with Gasteiger partial charge in [0, 0.05) is 37.2 Å². The number of rotatable bonds is 6. The van der Waals surface area contributed by atoms with Crippen molar-refractivity contribution < 1.29 is 14.1 Å². The van der Waals surface area contributed by atoms with Gasteiger partial charge in [0.2, 0.25) is 5.76 Å². The van der Waals surface area contributed by atoms with Gasteiger partial charge in [0.1, 0.15) is 5.75 Å². The minimum Gasteiger partial charge on any atom is -0.496 e. The Morgan fingerprint density at radius 1 is 1.37 bits per heavy atom. The summed E-state index contributed by atoms with van der Waals surface area (Å²) >= 11 is 0. The van der Waals surface area contributed by atoms with Crippen LogP contribution >= 0.6 is 12.4 Å². The molecule has 1 aromatic carbocycles. The lowest BCUT2D eigenvalue weighted by atomic mass is 9.99. The summed E-state index contributed by atoms with van der Waals surface area (Å²) in [4.78, 5) is 15.0. The summed E-state index contributed by atoms with van der Waals surface area (Å²) in [6.07, 6.45) is 1.96. The zero-order valence-electron chi connectivity index (χ0n) is 16.1. The molecule has 0 saturated carbocycles. The molecule has 148 valence electrons. The quantitative estimate of drug-likeness (QED) is 0.808. The molecule has 7 heteroatoms. The standard InChI is InChI=1S/C20H27N3O3.ClH/c1-4-14(5-2)16-12-19(26-22-16)20(24)23-11-10-21-13-17(23)15-8-6-7-9-18(15)25-3;/h6-9,12,14,17,21H,4-5,10-11,13H2,1-3H3;1H. The van der Waals surface area contributed by atoms with Crippen molar-refractivity contribution >= 4 is 18.3 Å². The largest absolute Gasteiger partial charge is 0.496 e. The van der Waals surface area contributed by atoms with Crippen LogP contribution in [-0.2, 0) is 0 Å². The minimum atomic E-state index is -0.118. The summed E-state index contributed by atoms with van der Waals surface area (Å²) < 4.78 is 10.9. The van der Waals surface area contributed by atoms with E-state index in [0.717, 1.165) is 36.4 Å². The van der Waals surface area contributed by atoms with E-state index >= 15 is 0 Å². The number of methoxy groups -OCH3 is 1. The molecule has 2 heterocycles. The third-order valence-corrected chi connectivity index (χ3v) is 5.15. The number of halogens is 1. The van der Waals surface area contributed by atoms with Crippen LogP contribution in [0.1, 0.15) is 60.5 Å². The number of para-hydroxylation sites is 1. The Labute approximate surface area is 166 Å². The van der Waals surface area contributed by atoms with E-state index in [4.69, 9.17) is 9.26 Å². The third-order valence-electron chi connectivity index (χ3n) is 5.15.